The molecule has 5 heteroatoms. The van der Waals surface area contributed by atoms with Crippen LogP contribution >= 0.6 is 0 Å². The first-order valence-electron chi connectivity index (χ1n) is 6.40. The molecule has 1 amide bonds. The maximum absolute atomic E-state index is 13.7. The van der Waals surface area contributed by atoms with E-state index in [0.29, 0.717) is 11.3 Å². The first-order valence-corrected chi connectivity index (χ1v) is 6.40. The van der Waals surface area contributed by atoms with Crippen LogP contribution in [-0.4, -0.2) is 18.1 Å². The molecule has 0 saturated carbocycles. The number of anilines is 1. The van der Waals surface area contributed by atoms with Crippen LogP contribution in [0.5, 0.6) is 5.75 Å². The summed E-state index contributed by atoms with van der Waals surface area (Å²) in [5, 5.41) is 12.4. The standard InChI is InChI=1S/C16H16FNO3/c1-10-6-7-14(13(17)8-10)18-16(20)15(19)11-4-3-5-12(9-11)21-2/h3-9,15,19H,1-2H3,(H,18,20). The second-order valence-corrected chi connectivity index (χ2v) is 4.65. The van der Waals surface area contributed by atoms with Crippen LogP contribution in [0.25, 0.3) is 0 Å². The predicted molar refractivity (Wildman–Crippen MR) is 77.7 cm³/mol. The minimum absolute atomic E-state index is 0.0348. The lowest BCUT2D eigenvalue weighted by Crippen LogP contribution is -2.21. The Labute approximate surface area is 122 Å². The summed E-state index contributed by atoms with van der Waals surface area (Å²) >= 11 is 0. The van der Waals surface area contributed by atoms with E-state index in [9.17, 15) is 14.3 Å². The molecule has 4 nitrogen and oxygen atoms in total. The molecule has 1 atom stereocenters. The average molecular weight is 289 g/mol. The second-order valence-electron chi connectivity index (χ2n) is 4.65. The topological polar surface area (TPSA) is 58.6 Å². The number of amides is 1. The smallest absolute Gasteiger partial charge is 0.257 e. The zero-order valence-electron chi connectivity index (χ0n) is 11.8. The number of nitrogens with one attached hydrogen (secondary N) is 1. The fourth-order valence-electron chi connectivity index (χ4n) is 1.89. The summed E-state index contributed by atoms with van der Waals surface area (Å²) in [4.78, 5) is 12.0. The van der Waals surface area contributed by atoms with Crippen molar-refractivity contribution in [3.63, 3.8) is 0 Å². The highest BCUT2D eigenvalue weighted by Gasteiger charge is 2.19. The van der Waals surface area contributed by atoms with E-state index in [2.05, 4.69) is 5.32 Å². The van der Waals surface area contributed by atoms with Crippen LogP contribution in [0, 0.1) is 12.7 Å². The highest BCUT2D eigenvalue weighted by Crippen LogP contribution is 2.22. The van der Waals surface area contributed by atoms with Crippen LogP contribution in [0.15, 0.2) is 42.5 Å². The molecule has 0 aromatic heterocycles. The Morgan fingerprint density at radius 2 is 2.05 bits per heavy atom. The van der Waals surface area contributed by atoms with Crippen molar-refractivity contribution in [1.29, 1.82) is 0 Å². The first-order chi connectivity index (χ1) is 10.0. The summed E-state index contributed by atoms with van der Waals surface area (Å²) in [6.45, 7) is 1.75. The number of hydrogen-bond donors (Lipinski definition) is 2. The van der Waals surface area contributed by atoms with Crippen molar-refractivity contribution >= 4 is 11.6 Å². The number of aliphatic hydroxyl groups excluding tert-OH is 1. The van der Waals surface area contributed by atoms with Crippen molar-refractivity contribution in [2.24, 2.45) is 0 Å². The van der Waals surface area contributed by atoms with Gasteiger partial charge in [-0.1, -0.05) is 18.2 Å². The third kappa shape index (κ3) is 3.58. The highest BCUT2D eigenvalue weighted by atomic mass is 19.1. The maximum Gasteiger partial charge on any atom is 0.257 e. The number of hydrogen-bond acceptors (Lipinski definition) is 3. The van der Waals surface area contributed by atoms with Gasteiger partial charge in [-0.05, 0) is 42.3 Å². The van der Waals surface area contributed by atoms with Crippen molar-refractivity contribution < 1.29 is 19.0 Å². The molecule has 0 saturated heterocycles. The lowest BCUT2D eigenvalue weighted by atomic mass is 10.1. The van der Waals surface area contributed by atoms with E-state index < -0.39 is 17.8 Å². The first kappa shape index (κ1) is 15.0. The van der Waals surface area contributed by atoms with E-state index in [1.54, 1.807) is 37.3 Å². The van der Waals surface area contributed by atoms with Crippen molar-refractivity contribution in [2.45, 2.75) is 13.0 Å². The maximum atomic E-state index is 13.7. The molecule has 2 N–H and O–H groups in total. The van der Waals surface area contributed by atoms with Gasteiger partial charge in [0.1, 0.15) is 11.6 Å². The average Bonchev–Trinajstić information content (AvgIpc) is 2.49. The summed E-state index contributed by atoms with van der Waals surface area (Å²) in [5.74, 6) is -0.715. The Balaban J connectivity index is 2.15. The lowest BCUT2D eigenvalue weighted by molar-refractivity contribution is -0.124. The van der Waals surface area contributed by atoms with E-state index in [1.807, 2.05) is 0 Å². The molecule has 0 aliphatic heterocycles. The third-order valence-corrected chi connectivity index (χ3v) is 3.04. The zero-order chi connectivity index (χ0) is 15.4. The molecule has 2 rings (SSSR count). The van der Waals surface area contributed by atoms with Crippen LogP contribution < -0.4 is 10.1 Å². The number of methoxy groups -OCH3 is 1. The minimum Gasteiger partial charge on any atom is -0.497 e. The van der Waals surface area contributed by atoms with Crippen LogP contribution in [-0.2, 0) is 4.79 Å². The Morgan fingerprint density at radius 3 is 2.71 bits per heavy atom. The Kier molecular flexibility index (Phi) is 4.55. The molecular formula is C16H16FNO3. The number of aliphatic hydroxyl groups is 1. The van der Waals surface area contributed by atoms with E-state index in [-0.39, 0.29) is 5.69 Å². The van der Waals surface area contributed by atoms with Gasteiger partial charge in [-0.25, -0.2) is 4.39 Å². The molecule has 0 bridgehead atoms. The van der Waals surface area contributed by atoms with Gasteiger partial charge in [0.05, 0.1) is 12.8 Å². The fraction of sp³-hybridized carbons (Fsp3) is 0.188. The second kappa shape index (κ2) is 6.37. The summed E-state index contributed by atoms with van der Waals surface area (Å²) in [7, 11) is 1.49. The number of halogens is 1. The summed E-state index contributed by atoms with van der Waals surface area (Å²) in [5.41, 5.74) is 1.16. The molecule has 0 aliphatic carbocycles. The van der Waals surface area contributed by atoms with Gasteiger partial charge in [0.25, 0.3) is 5.91 Å². The molecule has 0 fully saturated rings. The molecule has 110 valence electrons. The number of carbonyl (C=O) groups is 1. The van der Waals surface area contributed by atoms with E-state index >= 15 is 0 Å². The van der Waals surface area contributed by atoms with Crippen molar-refractivity contribution in [1.82, 2.24) is 0 Å². The summed E-state index contributed by atoms with van der Waals surface area (Å²) in [6.07, 6.45) is -1.40. The van der Waals surface area contributed by atoms with Gasteiger partial charge in [0.15, 0.2) is 6.10 Å². The molecular weight excluding hydrogens is 273 g/mol. The van der Waals surface area contributed by atoms with Crippen molar-refractivity contribution in [3.8, 4) is 5.75 Å². The normalized spacial score (nSPS) is 11.8. The largest absolute Gasteiger partial charge is 0.497 e. The number of ether oxygens (including phenoxy) is 1. The van der Waals surface area contributed by atoms with Gasteiger partial charge in [-0.15, -0.1) is 0 Å². The SMILES string of the molecule is COc1cccc(C(O)C(=O)Nc2ccc(C)cc2F)c1. The molecule has 2 aromatic carbocycles. The van der Waals surface area contributed by atoms with Gasteiger partial charge in [-0.3, -0.25) is 4.79 Å². The quantitative estimate of drug-likeness (QED) is 0.910. The Bertz CT molecular complexity index is 658. The monoisotopic (exact) mass is 289 g/mol. The number of benzene rings is 2. The number of carbonyl (C=O) groups excluding carboxylic acids is 1. The van der Waals surface area contributed by atoms with Gasteiger partial charge in [0, 0.05) is 0 Å². The van der Waals surface area contributed by atoms with Crippen LogP contribution in [0.3, 0.4) is 0 Å². The van der Waals surface area contributed by atoms with Crippen LogP contribution in [0.2, 0.25) is 0 Å². The van der Waals surface area contributed by atoms with E-state index in [1.165, 1.54) is 19.2 Å². The Hall–Kier alpha value is -2.40. The van der Waals surface area contributed by atoms with Gasteiger partial charge in [-0.2, -0.15) is 0 Å². The molecule has 0 heterocycles. The minimum atomic E-state index is -1.40. The fourth-order valence-corrected chi connectivity index (χ4v) is 1.89. The molecule has 0 radical (unpaired) electrons. The van der Waals surface area contributed by atoms with E-state index in [0.717, 1.165) is 5.56 Å². The van der Waals surface area contributed by atoms with Crippen LogP contribution in [0.4, 0.5) is 10.1 Å². The van der Waals surface area contributed by atoms with Gasteiger partial charge < -0.3 is 15.2 Å². The lowest BCUT2D eigenvalue weighted by Gasteiger charge is -2.13. The molecule has 0 spiro atoms. The third-order valence-electron chi connectivity index (χ3n) is 3.04. The Morgan fingerprint density at radius 1 is 1.29 bits per heavy atom. The van der Waals surface area contributed by atoms with Crippen LogP contribution in [0.1, 0.15) is 17.2 Å². The molecule has 1 unspecified atom stereocenters. The number of aryl methyl sites for hydroxylation is 1. The number of rotatable bonds is 4. The summed E-state index contributed by atoms with van der Waals surface area (Å²) < 4.78 is 18.7. The van der Waals surface area contributed by atoms with Crippen molar-refractivity contribution in [2.75, 3.05) is 12.4 Å². The molecule has 0 aliphatic rings. The summed E-state index contributed by atoms with van der Waals surface area (Å²) in [6, 6.07) is 11.0. The predicted octanol–water partition coefficient (Wildman–Crippen LogP) is 2.81. The van der Waals surface area contributed by atoms with E-state index in [4.69, 9.17) is 4.74 Å². The zero-order valence-corrected chi connectivity index (χ0v) is 11.8. The van der Waals surface area contributed by atoms with Gasteiger partial charge in [0.2, 0.25) is 0 Å². The highest BCUT2D eigenvalue weighted by molar-refractivity contribution is 5.94. The van der Waals surface area contributed by atoms with Crippen molar-refractivity contribution in [3.05, 3.63) is 59.4 Å². The van der Waals surface area contributed by atoms with Gasteiger partial charge >= 0.3 is 0 Å². The molecule has 21 heavy (non-hydrogen) atoms. The molecule has 2 aromatic rings.